The highest BCUT2D eigenvalue weighted by Gasteiger charge is 2.21. The Bertz CT molecular complexity index is 439. The molecule has 2 rings (SSSR count). The Morgan fingerprint density at radius 2 is 2.00 bits per heavy atom. The molecule has 0 spiro atoms. The van der Waals surface area contributed by atoms with Gasteiger partial charge in [0.15, 0.2) is 0 Å². The maximum absolute atomic E-state index is 13.2. The highest BCUT2D eigenvalue weighted by atomic mass is 19.1. The van der Waals surface area contributed by atoms with Crippen LogP contribution in [0.15, 0.2) is 18.2 Å². The van der Waals surface area contributed by atoms with Crippen LogP contribution in [0.25, 0.3) is 0 Å². The van der Waals surface area contributed by atoms with Crippen LogP contribution in [0.1, 0.15) is 37.7 Å². The van der Waals surface area contributed by atoms with E-state index in [4.69, 9.17) is 11.1 Å². The van der Waals surface area contributed by atoms with Gasteiger partial charge in [0.25, 0.3) is 0 Å². The number of rotatable bonds is 3. The van der Waals surface area contributed by atoms with E-state index in [9.17, 15) is 4.39 Å². The molecule has 1 aromatic rings. The highest BCUT2D eigenvalue weighted by molar-refractivity contribution is 6.00. The second kappa shape index (κ2) is 5.38. The normalized spacial score (nSPS) is 16.6. The molecule has 0 atom stereocenters. The van der Waals surface area contributed by atoms with E-state index in [2.05, 4.69) is 4.90 Å². The van der Waals surface area contributed by atoms with Gasteiger partial charge >= 0.3 is 0 Å². The van der Waals surface area contributed by atoms with Gasteiger partial charge in [0.2, 0.25) is 0 Å². The Morgan fingerprint density at radius 3 is 2.61 bits per heavy atom. The molecule has 0 radical (unpaired) electrons. The zero-order valence-electron chi connectivity index (χ0n) is 10.7. The minimum Gasteiger partial charge on any atom is -0.384 e. The van der Waals surface area contributed by atoms with E-state index >= 15 is 0 Å². The third kappa shape index (κ3) is 2.63. The smallest absolute Gasteiger partial charge is 0.125 e. The van der Waals surface area contributed by atoms with Crippen LogP contribution in [0, 0.1) is 11.2 Å². The topological polar surface area (TPSA) is 53.1 Å². The van der Waals surface area contributed by atoms with E-state index < -0.39 is 0 Å². The third-order valence-electron chi connectivity index (χ3n) is 3.75. The van der Waals surface area contributed by atoms with Crippen LogP contribution >= 0.6 is 0 Å². The van der Waals surface area contributed by atoms with Crippen molar-refractivity contribution < 1.29 is 4.39 Å². The van der Waals surface area contributed by atoms with Gasteiger partial charge in [0.05, 0.1) is 0 Å². The van der Waals surface area contributed by atoms with Gasteiger partial charge in [-0.3, -0.25) is 5.41 Å². The van der Waals surface area contributed by atoms with Gasteiger partial charge < -0.3 is 10.6 Å². The van der Waals surface area contributed by atoms with Crippen LogP contribution in [-0.4, -0.2) is 18.9 Å². The average Bonchev–Trinajstić information content (AvgIpc) is 2.39. The summed E-state index contributed by atoms with van der Waals surface area (Å²) in [6.45, 7) is 0. The zero-order valence-corrected chi connectivity index (χ0v) is 10.7. The molecule has 18 heavy (non-hydrogen) atoms. The van der Waals surface area contributed by atoms with E-state index in [1.165, 1.54) is 31.4 Å². The van der Waals surface area contributed by atoms with Crippen LogP contribution in [-0.2, 0) is 0 Å². The maximum atomic E-state index is 13.2. The van der Waals surface area contributed by atoms with Crippen molar-refractivity contribution in [1.82, 2.24) is 0 Å². The van der Waals surface area contributed by atoms with E-state index in [-0.39, 0.29) is 11.7 Å². The van der Waals surface area contributed by atoms with Crippen molar-refractivity contribution >= 4 is 11.5 Å². The molecule has 3 nitrogen and oxygen atoms in total. The molecule has 0 saturated heterocycles. The SMILES string of the molecule is CN(c1ccc(F)cc1C(=N)N)C1CCCCC1. The molecule has 0 unspecified atom stereocenters. The minimum atomic E-state index is -0.346. The Hall–Kier alpha value is -1.58. The summed E-state index contributed by atoms with van der Waals surface area (Å²) in [7, 11) is 2.01. The number of nitrogens with two attached hydrogens (primary N) is 1. The van der Waals surface area contributed by atoms with Gasteiger partial charge in [-0.25, -0.2) is 4.39 Å². The monoisotopic (exact) mass is 249 g/mol. The van der Waals surface area contributed by atoms with Crippen LogP contribution in [0.5, 0.6) is 0 Å². The molecule has 1 aliphatic rings. The summed E-state index contributed by atoms with van der Waals surface area (Å²) in [6.07, 6.45) is 6.10. The van der Waals surface area contributed by atoms with Crippen molar-refractivity contribution in [2.45, 2.75) is 38.1 Å². The third-order valence-corrected chi connectivity index (χ3v) is 3.75. The number of halogens is 1. The predicted molar refractivity (Wildman–Crippen MR) is 72.7 cm³/mol. The van der Waals surface area contributed by atoms with Gasteiger partial charge in [0, 0.05) is 24.3 Å². The van der Waals surface area contributed by atoms with Crippen molar-refractivity contribution in [1.29, 1.82) is 5.41 Å². The lowest BCUT2D eigenvalue weighted by molar-refractivity contribution is 0.427. The van der Waals surface area contributed by atoms with Gasteiger partial charge in [-0.05, 0) is 31.0 Å². The predicted octanol–water partition coefficient (Wildman–Crippen LogP) is 2.88. The molecule has 0 aromatic heterocycles. The molecule has 3 N–H and O–H groups in total. The lowest BCUT2D eigenvalue weighted by Gasteiger charge is -2.34. The Kier molecular flexibility index (Phi) is 3.84. The van der Waals surface area contributed by atoms with Gasteiger partial charge in [-0.2, -0.15) is 0 Å². The van der Waals surface area contributed by atoms with Crippen LogP contribution < -0.4 is 10.6 Å². The Labute approximate surface area is 107 Å². The Balaban J connectivity index is 2.28. The summed E-state index contributed by atoms with van der Waals surface area (Å²) in [5, 5.41) is 7.56. The molecule has 0 amide bonds. The molecule has 0 heterocycles. The molecule has 1 aromatic carbocycles. The molecular weight excluding hydrogens is 229 g/mol. The second-order valence-electron chi connectivity index (χ2n) is 4.98. The first kappa shape index (κ1) is 12.9. The zero-order chi connectivity index (χ0) is 13.1. The van der Waals surface area contributed by atoms with Crippen molar-refractivity contribution in [2.24, 2.45) is 5.73 Å². The standard InChI is InChI=1S/C14H20FN3/c1-18(11-5-3-2-4-6-11)13-8-7-10(15)9-12(13)14(16)17/h7-9,11H,2-6H2,1H3,(H3,16,17). The molecule has 0 aliphatic heterocycles. The summed E-state index contributed by atoms with van der Waals surface area (Å²) in [6, 6.07) is 4.97. The fourth-order valence-electron chi connectivity index (χ4n) is 2.70. The van der Waals surface area contributed by atoms with Crippen LogP contribution in [0.4, 0.5) is 10.1 Å². The quantitative estimate of drug-likeness (QED) is 0.639. The summed E-state index contributed by atoms with van der Waals surface area (Å²) < 4.78 is 13.2. The van der Waals surface area contributed by atoms with E-state index in [1.54, 1.807) is 6.07 Å². The van der Waals surface area contributed by atoms with Crippen LogP contribution in [0.2, 0.25) is 0 Å². The number of hydrogen-bond donors (Lipinski definition) is 2. The number of nitrogens with zero attached hydrogens (tertiary/aromatic N) is 1. The second-order valence-corrected chi connectivity index (χ2v) is 4.98. The van der Waals surface area contributed by atoms with E-state index in [1.807, 2.05) is 7.05 Å². The number of nitrogens with one attached hydrogen (secondary N) is 1. The number of amidine groups is 1. The largest absolute Gasteiger partial charge is 0.384 e. The summed E-state index contributed by atoms with van der Waals surface area (Å²) in [5.74, 6) is -0.423. The van der Waals surface area contributed by atoms with Crippen LogP contribution in [0.3, 0.4) is 0 Å². The van der Waals surface area contributed by atoms with Crippen molar-refractivity contribution in [3.05, 3.63) is 29.6 Å². The summed E-state index contributed by atoms with van der Waals surface area (Å²) in [5.41, 5.74) is 6.89. The Morgan fingerprint density at radius 1 is 1.33 bits per heavy atom. The molecule has 0 bridgehead atoms. The van der Waals surface area contributed by atoms with Gasteiger partial charge in [-0.1, -0.05) is 19.3 Å². The van der Waals surface area contributed by atoms with Gasteiger partial charge in [-0.15, -0.1) is 0 Å². The molecule has 4 heteroatoms. The van der Waals surface area contributed by atoms with E-state index in [0.717, 1.165) is 18.5 Å². The number of nitrogen functional groups attached to an aromatic ring is 1. The number of hydrogen-bond acceptors (Lipinski definition) is 2. The van der Waals surface area contributed by atoms with Crippen molar-refractivity contribution in [3.63, 3.8) is 0 Å². The van der Waals surface area contributed by atoms with E-state index in [0.29, 0.717) is 11.6 Å². The summed E-state index contributed by atoms with van der Waals surface area (Å²) >= 11 is 0. The number of anilines is 1. The molecule has 1 aliphatic carbocycles. The number of benzene rings is 1. The lowest BCUT2D eigenvalue weighted by Crippen LogP contribution is -2.34. The maximum Gasteiger partial charge on any atom is 0.125 e. The summed E-state index contributed by atoms with van der Waals surface area (Å²) in [4.78, 5) is 2.15. The highest BCUT2D eigenvalue weighted by Crippen LogP contribution is 2.28. The first-order chi connectivity index (χ1) is 8.59. The average molecular weight is 249 g/mol. The molecular formula is C14H20FN3. The molecule has 1 saturated carbocycles. The lowest BCUT2D eigenvalue weighted by atomic mass is 9.93. The molecule has 98 valence electrons. The minimum absolute atomic E-state index is 0.0767. The first-order valence-corrected chi connectivity index (χ1v) is 6.46. The fourth-order valence-corrected chi connectivity index (χ4v) is 2.70. The first-order valence-electron chi connectivity index (χ1n) is 6.46. The van der Waals surface area contributed by atoms with Crippen molar-refractivity contribution in [3.8, 4) is 0 Å². The fraction of sp³-hybridized carbons (Fsp3) is 0.500. The molecule has 1 fully saturated rings. The van der Waals surface area contributed by atoms with Gasteiger partial charge in [0.1, 0.15) is 11.7 Å². The van der Waals surface area contributed by atoms with Crippen molar-refractivity contribution in [2.75, 3.05) is 11.9 Å².